The fraction of sp³-hybridized carbons (Fsp3) is 0.900. The molecule has 1 radical (unpaired) electrons. The average molecular weight is 139 g/mol. The van der Waals surface area contributed by atoms with Crippen LogP contribution >= 0.6 is 0 Å². The molecule has 0 spiro atoms. The van der Waals surface area contributed by atoms with Crippen LogP contribution in [0.5, 0.6) is 0 Å². The fourth-order valence-corrected chi connectivity index (χ4v) is 1.97. The van der Waals surface area contributed by atoms with Crippen molar-refractivity contribution in [3.8, 4) is 0 Å². The van der Waals surface area contributed by atoms with Crippen LogP contribution in [0.25, 0.3) is 0 Å². The Hall–Kier alpha value is 0. The third-order valence-electron chi connectivity index (χ3n) is 2.81. The van der Waals surface area contributed by atoms with Crippen molar-refractivity contribution < 1.29 is 0 Å². The largest absolute Gasteiger partial charge is 0.0651 e. The van der Waals surface area contributed by atoms with Gasteiger partial charge in [0.1, 0.15) is 0 Å². The lowest BCUT2D eigenvalue weighted by molar-refractivity contribution is 0.482. The summed E-state index contributed by atoms with van der Waals surface area (Å²) in [6.45, 7) is 4.67. The van der Waals surface area contributed by atoms with Crippen molar-refractivity contribution in [2.75, 3.05) is 0 Å². The van der Waals surface area contributed by atoms with Crippen LogP contribution in [-0.2, 0) is 0 Å². The second kappa shape index (κ2) is 4.00. The molecule has 0 aromatic rings. The molecule has 0 bridgehead atoms. The van der Waals surface area contributed by atoms with Crippen molar-refractivity contribution in [1.82, 2.24) is 0 Å². The quantitative estimate of drug-likeness (QED) is 0.487. The van der Waals surface area contributed by atoms with E-state index in [1.807, 2.05) is 0 Å². The summed E-state index contributed by atoms with van der Waals surface area (Å²) >= 11 is 0. The molecule has 0 heteroatoms. The highest BCUT2D eigenvalue weighted by atomic mass is 14.2. The van der Waals surface area contributed by atoms with Gasteiger partial charge in [-0.05, 0) is 24.7 Å². The molecule has 0 amide bonds. The van der Waals surface area contributed by atoms with Gasteiger partial charge >= 0.3 is 0 Å². The van der Waals surface area contributed by atoms with Gasteiger partial charge in [-0.1, -0.05) is 39.5 Å². The van der Waals surface area contributed by atoms with Gasteiger partial charge in [-0.25, -0.2) is 0 Å². The molecule has 1 aliphatic rings. The molecule has 59 valence electrons. The first kappa shape index (κ1) is 8.10. The van der Waals surface area contributed by atoms with E-state index in [0.717, 1.165) is 5.92 Å². The Morgan fingerprint density at radius 3 is 2.80 bits per heavy atom. The SMILES string of the molecule is CCC1CCCCC[C]1C. The Bertz CT molecular complexity index is 86.0. The Balaban J connectivity index is 2.35. The monoisotopic (exact) mass is 139 g/mol. The van der Waals surface area contributed by atoms with Gasteiger partial charge in [0.05, 0.1) is 0 Å². The van der Waals surface area contributed by atoms with Crippen LogP contribution in [0.2, 0.25) is 0 Å². The minimum absolute atomic E-state index is 0.961. The molecule has 0 nitrogen and oxygen atoms in total. The standard InChI is InChI=1S/C10H19/c1-3-10-8-6-4-5-7-9(10)2/h10H,3-8H2,1-2H3. The van der Waals surface area contributed by atoms with Gasteiger partial charge in [-0.3, -0.25) is 0 Å². The van der Waals surface area contributed by atoms with Crippen molar-refractivity contribution >= 4 is 0 Å². The molecule has 1 saturated carbocycles. The van der Waals surface area contributed by atoms with E-state index in [2.05, 4.69) is 13.8 Å². The molecule has 10 heavy (non-hydrogen) atoms. The van der Waals surface area contributed by atoms with E-state index in [0.29, 0.717) is 0 Å². The van der Waals surface area contributed by atoms with E-state index in [9.17, 15) is 0 Å². The summed E-state index contributed by atoms with van der Waals surface area (Å²) in [6.07, 6.45) is 8.61. The van der Waals surface area contributed by atoms with Gasteiger partial charge in [-0.2, -0.15) is 0 Å². The lowest BCUT2D eigenvalue weighted by atomic mass is 9.88. The van der Waals surface area contributed by atoms with Gasteiger partial charge in [0.25, 0.3) is 0 Å². The maximum Gasteiger partial charge on any atom is -0.0241 e. The normalized spacial score (nSPS) is 30.0. The molecule has 0 aromatic carbocycles. The highest BCUT2D eigenvalue weighted by Gasteiger charge is 2.17. The van der Waals surface area contributed by atoms with Crippen molar-refractivity contribution in [1.29, 1.82) is 0 Å². The molecule has 1 unspecified atom stereocenters. The van der Waals surface area contributed by atoms with Crippen LogP contribution in [0, 0.1) is 11.8 Å². The van der Waals surface area contributed by atoms with Crippen molar-refractivity contribution in [3.63, 3.8) is 0 Å². The molecule has 0 aliphatic heterocycles. The molecule has 1 rings (SSSR count). The Morgan fingerprint density at radius 2 is 2.10 bits per heavy atom. The minimum Gasteiger partial charge on any atom is -0.0651 e. The topological polar surface area (TPSA) is 0 Å². The molecule has 1 fully saturated rings. The Kier molecular flexibility index (Phi) is 3.24. The Labute approximate surface area is 65.0 Å². The van der Waals surface area contributed by atoms with Crippen LogP contribution in [0.4, 0.5) is 0 Å². The second-order valence-electron chi connectivity index (χ2n) is 3.55. The third kappa shape index (κ3) is 2.00. The van der Waals surface area contributed by atoms with Crippen LogP contribution in [-0.4, -0.2) is 0 Å². The first-order valence-electron chi connectivity index (χ1n) is 4.67. The van der Waals surface area contributed by atoms with E-state index in [1.54, 1.807) is 5.92 Å². The number of rotatable bonds is 1. The summed E-state index contributed by atoms with van der Waals surface area (Å²) in [7, 11) is 0. The van der Waals surface area contributed by atoms with Gasteiger partial charge in [-0.15, -0.1) is 0 Å². The van der Waals surface area contributed by atoms with Gasteiger partial charge < -0.3 is 0 Å². The lowest BCUT2D eigenvalue weighted by Crippen LogP contribution is -2.05. The summed E-state index contributed by atoms with van der Waals surface area (Å²) in [5.41, 5.74) is 0. The van der Waals surface area contributed by atoms with Gasteiger partial charge in [0.2, 0.25) is 0 Å². The smallest absolute Gasteiger partial charge is 0.0241 e. The van der Waals surface area contributed by atoms with Crippen molar-refractivity contribution in [2.24, 2.45) is 5.92 Å². The van der Waals surface area contributed by atoms with E-state index in [-0.39, 0.29) is 0 Å². The third-order valence-corrected chi connectivity index (χ3v) is 2.81. The lowest BCUT2D eigenvalue weighted by Gasteiger charge is -2.17. The van der Waals surface area contributed by atoms with E-state index in [1.165, 1.54) is 38.5 Å². The summed E-state index contributed by atoms with van der Waals surface area (Å²) in [4.78, 5) is 0. The van der Waals surface area contributed by atoms with Gasteiger partial charge in [0.15, 0.2) is 0 Å². The van der Waals surface area contributed by atoms with Crippen LogP contribution in [0.15, 0.2) is 0 Å². The van der Waals surface area contributed by atoms with Crippen LogP contribution < -0.4 is 0 Å². The minimum atomic E-state index is 0.961. The zero-order chi connectivity index (χ0) is 7.40. The highest BCUT2D eigenvalue weighted by Crippen LogP contribution is 2.31. The maximum atomic E-state index is 2.35. The fourth-order valence-electron chi connectivity index (χ4n) is 1.97. The van der Waals surface area contributed by atoms with Gasteiger partial charge in [0, 0.05) is 0 Å². The molecular formula is C10H19. The molecular weight excluding hydrogens is 120 g/mol. The van der Waals surface area contributed by atoms with Crippen molar-refractivity contribution in [2.45, 2.75) is 52.4 Å². The van der Waals surface area contributed by atoms with E-state index in [4.69, 9.17) is 0 Å². The number of hydrogen-bond acceptors (Lipinski definition) is 0. The molecule has 0 heterocycles. The molecule has 1 atom stereocenters. The van der Waals surface area contributed by atoms with E-state index < -0.39 is 0 Å². The molecule has 0 aromatic heterocycles. The second-order valence-corrected chi connectivity index (χ2v) is 3.55. The first-order valence-corrected chi connectivity index (χ1v) is 4.67. The first-order chi connectivity index (χ1) is 4.84. The van der Waals surface area contributed by atoms with E-state index >= 15 is 0 Å². The van der Waals surface area contributed by atoms with Crippen molar-refractivity contribution in [3.05, 3.63) is 5.92 Å². The molecule has 0 saturated heterocycles. The predicted molar refractivity (Wildman–Crippen MR) is 45.8 cm³/mol. The highest BCUT2D eigenvalue weighted by molar-refractivity contribution is 4.92. The zero-order valence-corrected chi connectivity index (χ0v) is 7.32. The average Bonchev–Trinajstić information content (AvgIpc) is 2.13. The predicted octanol–water partition coefficient (Wildman–Crippen LogP) is 3.57. The molecule has 0 N–H and O–H groups in total. The number of hydrogen-bond donors (Lipinski definition) is 0. The summed E-state index contributed by atoms with van der Waals surface area (Å²) in [5.74, 6) is 2.72. The summed E-state index contributed by atoms with van der Waals surface area (Å²) in [5, 5.41) is 0. The Morgan fingerprint density at radius 1 is 1.30 bits per heavy atom. The zero-order valence-electron chi connectivity index (χ0n) is 7.32. The summed E-state index contributed by atoms with van der Waals surface area (Å²) < 4.78 is 0. The summed E-state index contributed by atoms with van der Waals surface area (Å²) in [6, 6.07) is 0. The van der Waals surface area contributed by atoms with Crippen LogP contribution in [0.1, 0.15) is 52.4 Å². The molecule has 1 aliphatic carbocycles. The maximum absolute atomic E-state index is 2.35. The van der Waals surface area contributed by atoms with Crippen LogP contribution in [0.3, 0.4) is 0 Å².